The highest BCUT2D eigenvalue weighted by Crippen LogP contribution is 2.49. The van der Waals surface area contributed by atoms with Crippen LogP contribution in [0.4, 0.5) is 11.5 Å². The first-order chi connectivity index (χ1) is 14.6. The largest absolute Gasteiger partial charge is 0.489 e. The number of benzene rings is 2. The van der Waals surface area contributed by atoms with Gasteiger partial charge in [0.05, 0.1) is 12.0 Å². The lowest BCUT2D eigenvalue weighted by Gasteiger charge is -2.18. The predicted octanol–water partition coefficient (Wildman–Crippen LogP) is 4.42. The van der Waals surface area contributed by atoms with Gasteiger partial charge in [-0.15, -0.1) is 0 Å². The minimum Gasteiger partial charge on any atom is -0.489 e. The van der Waals surface area contributed by atoms with Gasteiger partial charge in [0, 0.05) is 43.5 Å². The van der Waals surface area contributed by atoms with E-state index in [1.165, 1.54) is 0 Å². The lowest BCUT2D eigenvalue weighted by Crippen LogP contribution is -2.28. The van der Waals surface area contributed by atoms with Gasteiger partial charge in [-0.1, -0.05) is 42.5 Å². The van der Waals surface area contributed by atoms with Crippen LogP contribution in [0.5, 0.6) is 5.75 Å². The summed E-state index contributed by atoms with van der Waals surface area (Å²) in [7, 11) is 4.06. The summed E-state index contributed by atoms with van der Waals surface area (Å²) in [6.45, 7) is 0.605. The summed E-state index contributed by atoms with van der Waals surface area (Å²) in [5.74, 6) is 1.24. The van der Waals surface area contributed by atoms with Crippen molar-refractivity contribution in [2.24, 2.45) is 0 Å². The van der Waals surface area contributed by atoms with Gasteiger partial charge in [0.25, 0.3) is 0 Å². The zero-order valence-electron chi connectivity index (χ0n) is 17.3. The topological polar surface area (TPSA) is 54.5 Å². The number of anilines is 2. The van der Waals surface area contributed by atoms with Crippen LogP contribution in [-0.2, 0) is 16.6 Å². The van der Waals surface area contributed by atoms with Crippen LogP contribution in [0, 0.1) is 0 Å². The lowest BCUT2D eigenvalue weighted by atomic mass is 9.95. The highest BCUT2D eigenvalue weighted by molar-refractivity contribution is 6.02. The molecule has 1 N–H and O–H groups in total. The Morgan fingerprint density at radius 1 is 1.10 bits per heavy atom. The molecule has 1 aliphatic heterocycles. The van der Waals surface area contributed by atoms with E-state index in [2.05, 4.69) is 39.5 Å². The van der Waals surface area contributed by atoms with E-state index in [0.29, 0.717) is 18.2 Å². The molecular weight excluding hydrogens is 374 g/mol. The summed E-state index contributed by atoms with van der Waals surface area (Å²) in [4.78, 5) is 19.8. The van der Waals surface area contributed by atoms with Crippen LogP contribution < -0.4 is 15.0 Å². The molecule has 5 heteroatoms. The fourth-order valence-corrected chi connectivity index (χ4v) is 4.24. The van der Waals surface area contributed by atoms with Crippen LogP contribution in [0.25, 0.3) is 11.1 Å². The number of nitrogens with zero attached hydrogens (tertiary/aromatic N) is 2. The smallest absolute Gasteiger partial charge is 0.236 e. The molecule has 0 unspecified atom stereocenters. The number of pyridine rings is 1. The van der Waals surface area contributed by atoms with E-state index in [1.54, 1.807) is 0 Å². The second kappa shape index (κ2) is 7.17. The third kappa shape index (κ3) is 3.11. The molecule has 5 nitrogen and oxygen atoms in total. The van der Waals surface area contributed by atoms with Crippen LogP contribution in [0.15, 0.2) is 60.8 Å². The highest BCUT2D eigenvalue weighted by Gasteiger charge is 2.51. The van der Waals surface area contributed by atoms with E-state index < -0.39 is 5.41 Å². The minimum absolute atomic E-state index is 0.00116. The van der Waals surface area contributed by atoms with Crippen molar-refractivity contribution in [3.8, 4) is 16.9 Å². The molecule has 0 saturated heterocycles. The van der Waals surface area contributed by atoms with Gasteiger partial charge < -0.3 is 15.0 Å². The molecule has 2 aromatic carbocycles. The van der Waals surface area contributed by atoms with E-state index in [4.69, 9.17) is 4.74 Å². The molecule has 152 valence electrons. The second-order valence-electron chi connectivity index (χ2n) is 8.27. The second-order valence-corrected chi connectivity index (χ2v) is 8.27. The number of aromatic nitrogens is 1. The summed E-state index contributed by atoms with van der Waals surface area (Å²) >= 11 is 0. The average Bonchev–Trinajstić information content (AvgIpc) is 3.44. The van der Waals surface area contributed by atoms with Crippen LogP contribution in [-0.4, -0.2) is 31.6 Å². The van der Waals surface area contributed by atoms with E-state index >= 15 is 0 Å². The molecule has 3 aromatic rings. The maximum absolute atomic E-state index is 13.2. The van der Waals surface area contributed by atoms with Gasteiger partial charge in [-0.05, 0) is 36.1 Å². The number of fused-ring (bicyclic) bond motifs is 1. The molecule has 0 bridgehead atoms. The Morgan fingerprint density at radius 2 is 1.90 bits per heavy atom. The number of rotatable bonds is 5. The average molecular weight is 399 g/mol. The number of carbonyl (C=O) groups is 1. The zero-order valence-corrected chi connectivity index (χ0v) is 17.3. The van der Waals surface area contributed by atoms with E-state index in [9.17, 15) is 4.79 Å². The fourth-order valence-electron chi connectivity index (χ4n) is 4.24. The predicted molar refractivity (Wildman–Crippen MR) is 119 cm³/mol. The molecule has 1 saturated carbocycles. The Labute approximate surface area is 176 Å². The van der Waals surface area contributed by atoms with Gasteiger partial charge in [0.2, 0.25) is 5.91 Å². The molecular formula is C25H25N3O2. The van der Waals surface area contributed by atoms with Gasteiger partial charge in [-0.3, -0.25) is 4.79 Å². The zero-order chi connectivity index (χ0) is 20.7. The van der Waals surface area contributed by atoms with E-state index in [-0.39, 0.29) is 5.91 Å². The van der Waals surface area contributed by atoms with Crippen molar-refractivity contribution in [2.45, 2.75) is 24.7 Å². The van der Waals surface area contributed by atoms with Crippen LogP contribution in [0.2, 0.25) is 0 Å². The number of amides is 1. The number of nitrogens with one attached hydrogen (secondary N) is 1. The van der Waals surface area contributed by atoms with Gasteiger partial charge in [0.15, 0.2) is 11.6 Å². The van der Waals surface area contributed by atoms with Crippen molar-refractivity contribution in [1.29, 1.82) is 0 Å². The molecule has 2 heterocycles. The van der Waals surface area contributed by atoms with Crippen molar-refractivity contribution >= 4 is 17.4 Å². The summed E-state index contributed by atoms with van der Waals surface area (Å²) < 4.78 is 5.92. The van der Waals surface area contributed by atoms with Gasteiger partial charge in [0.1, 0.15) is 0 Å². The van der Waals surface area contributed by atoms with Crippen LogP contribution in [0.1, 0.15) is 24.0 Å². The van der Waals surface area contributed by atoms with Crippen LogP contribution >= 0.6 is 0 Å². The SMILES string of the molecule is CN(C)c1cccc(-c2cnc(NC(=O)C3(c4ccccc4)CC3)c3c2CCO3)c1. The summed E-state index contributed by atoms with van der Waals surface area (Å²) in [5.41, 5.74) is 5.05. The molecule has 1 amide bonds. The van der Waals surface area contributed by atoms with E-state index in [0.717, 1.165) is 47.2 Å². The van der Waals surface area contributed by atoms with Crippen molar-refractivity contribution < 1.29 is 9.53 Å². The van der Waals surface area contributed by atoms with Gasteiger partial charge in [-0.25, -0.2) is 4.98 Å². The summed E-state index contributed by atoms with van der Waals surface area (Å²) in [6.07, 6.45) is 4.40. The first-order valence-electron chi connectivity index (χ1n) is 10.4. The third-order valence-corrected chi connectivity index (χ3v) is 6.15. The monoisotopic (exact) mass is 399 g/mol. The highest BCUT2D eigenvalue weighted by atomic mass is 16.5. The molecule has 0 radical (unpaired) electrons. The number of carbonyl (C=O) groups excluding carboxylic acids is 1. The van der Waals surface area contributed by atoms with Crippen molar-refractivity contribution in [2.75, 3.05) is 30.9 Å². The lowest BCUT2D eigenvalue weighted by molar-refractivity contribution is -0.118. The van der Waals surface area contributed by atoms with Crippen molar-refractivity contribution in [1.82, 2.24) is 4.98 Å². The molecule has 2 aliphatic rings. The van der Waals surface area contributed by atoms with Crippen molar-refractivity contribution in [3.05, 3.63) is 71.9 Å². The third-order valence-electron chi connectivity index (χ3n) is 6.15. The molecule has 1 aliphatic carbocycles. The van der Waals surface area contributed by atoms with Crippen LogP contribution in [0.3, 0.4) is 0 Å². The molecule has 1 fully saturated rings. The molecule has 1 aromatic heterocycles. The Hall–Kier alpha value is -3.34. The summed E-state index contributed by atoms with van der Waals surface area (Å²) in [5, 5.41) is 3.07. The van der Waals surface area contributed by atoms with Gasteiger partial charge >= 0.3 is 0 Å². The number of hydrogen-bond donors (Lipinski definition) is 1. The minimum atomic E-state index is -0.437. The Kier molecular flexibility index (Phi) is 4.46. The Morgan fingerprint density at radius 3 is 2.63 bits per heavy atom. The maximum Gasteiger partial charge on any atom is 0.236 e. The maximum atomic E-state index is 13.2. The quantitative estimate of drug-likeness (QED) is 0.690. The molecule has 0 spiro atoms. The van der Waals surface area contributed by atoms with Crippen molar-refractivity contribution in [3.63, 3.8) is 0 Å². The van der Waals surface area contributed by atoms with E-state index in [1.807, 2.05) is 50.6 Å². The number of hydrogen-bond acceptors (Lipinski definition) is 4. The molecule has 30 heavy (non-hydrogen) atoms. The molecule has 0 atom stereocenters. The molecule has 5 rings (SSSR count). The number of ether oxygens (including phenoxy) is 1. The first kappa shape index (κ1) is 18.7. The Balaban J connectivity index is 1.47. The standard InChI is InChI=1S/C25H25N3O2/c1-28(2)19-10-6-7-17(15-19)21-16-26-23(22-20(21)11-14-30-22)27-24(29)25(12-13-25)18-8-4-3-5-9-18/h3-10,15-16H,11-14H2,1-2H3,(H,26,27,29). The normalized spacial score (nSPS) is 15.8. The van der Waals surface area contributed by atoms with Gasteiger partial charge in [-0.2, -0.15) is 0 Å². The fraction of sp³-hybridized carbons (Fsp3) is 0.280. The summed E-state index contributed by atoms with van der Waals surface area (Å²) in [6, 6.07) is 18.4. The Bertz CT molecular complexity index is 1100. The first-order valence-corrected chi connectivity index (χ1v) is 10.4.